The molecule has 4 rings (SSSR count). The topological polar surface area (TPSA) is 41.5 Å². The van der Waals surface area contributed by atoms with Crippen molar-refractivity contribution in [2.24, 2.45) is 0 Å². The number of hydrogen-bond acceptors (Lipinski definition) is 5. The molecule has 1 aromatic heterocycles. The number of halogens is 1. The van der Waals surface area contributed by atoms with Crippen LogP contribution in [-0.2, 0) is 24.2 Å². The third-order valence-corrected chi connectivity index (χ3v) is 5.94. The first-order chi connectivity index (χ1) is 13.1. The fraction of sp³-hybridized carbons (Fsp3) is 0.524. The van der Waals surface area contributed by atoms with Crippen molar-refractivity contribution < 1.29 is 4.74 Å². The zero-order chi connectivity index (χ0) is 18.8. The number of piperidine rings is 1. The highest BCUT2D eigenvalue weighted by molar-refractivity contribution is 6.28. The van der Waals surface area contributed by atoms with Gasteiger partial charge in [0.2, 0.25) is 5.28 Å². The standard InChI is InChI=1S/C21H27ClN4O/c1-15-12-17(27-2)8-11-26(15)20-18-14-25(13-16-6-4-3-5-7-16)10-9-19(18)23-21(22)24-20/h3-7,15,17H,8-14H2,1-2H3. The summed E-state index contributed by atoms with van der Waals surface area (Å²) in [5, 5.41) is 0.362. The van der Waals surface area contributed by atoms with Crippen LogP contribution in [0.2, 0.25) is 5.28 Å². The summed E-state index contributed by atoms with van der Waals surface area (Å²) in [6.07, 6.45) is 3.28. The van der Waals surface area contributed by atoms with E-state index in [-0.39, 0.29) is 0 Å². The Hall–Kier alpha value is -1.69. The first-order valence-corrected chi connectivity index (χ1v) is 10.1. The van der Waals surface area contributed by atoms with Gasteiger partial charge in [0.25, 0.3) is 0 Å². The van der Waals surface area contributed by atoms with E-state index in [0.29, 0.717) is 17.4 Å². The predicted molar refractivity (Wildman–Crippen MR) is 108 cm³/mol. The Morgan fingerprint density at radius 1 is 1.19 bits per heavy atom. The van der Waals surface area contributed by atoms with E-state index < -0.39 is 0 Å². The molecule has 144 valence electrons. The number of aromatic nitrogens is 2. The second-order valence-corrected chi connectivity index (χ2v) is 7.95. The molecule has 2 aromatic rings. The normalized spacial score (nSPS) is 23.3. The minimum atomic E-state index is 0.332. The molecule has 6 heteroatoms. The molecule has 0 saturated carbocycles. The van der Waals surface area contributed by atoms with E-state index in [4.69, 9.17) is 16.3 Å². The molecule has 1 saturated heterocycles. The molecule has 1 aromatic carbocycles. The van der Waals surface area contributed by atoms with E-state index in [1.54, 1.807) is 7.11 Å². The van der Waals surface area contributed by atoms with Gasteiger partial charge in [-0.05, 0) is 36.9 Å². The molecule has 3 heterocycles. The van der Waals surface area contributed by atoms with Gasteiger partial charge in [-0.3, -0.25) is 4.90 Å². The zero-order valence-electron chi connectivity index (χ0n) is 16.1. The van der Waals surface area contributed by atoms with E-state index >= 15 is 0 Å². The monoisotopic (exact) mass is 386 g/mol. The van der Waals surface area contributed by atoms with Gasteiger partial charge in [0.1, 0.15) is 5.82 Å². The maximum atomic E-state index is 6.28. The molecular weight excluding hydrogens is 360 g/mol. The van der Waals surface area contributed by atoms with Crippen molar-refractivity contribution in [2.75, 3.05) is 25.1 Å². The molecule has 5 nitrogen and oxygen atoms in total. The Labute approximate surface area is 166 Å². The van der Waals surface area contributed by atoms with Crippen LogP contribution in [0, 0.1) is 0 Å². The van der Waals surface area contributed by atoms with Crippen molar-refractivity contribution in [3.8, 4) is 0 Å². The summed E-state index contributed by atoms with van der Waals surface area (Å²) >= 11 is 6.28. The molecular formula is C21H27ClN4O. The summed E-state index contributed by atoms with van der Waals surface area (Å²) in [6.45, 7) is 6.00. The van der Waals surface area contributed by atoms with Gasteiger partial charge in [-0.15, -0.1) is 0 Å². The van der Waals surface area contributed by atoms with Gasteiger partial charge in [-0.1, -0.05) is 30.3 Å². The number of hydrogen-bond donors (Lipinski definition) is 0. The van der Waals surface area contributed by atoms with Crippen molar-refractivity contribution in [3.05, 3.63) is 52.4 Å². The number of benzene rings is 1. The zero-order valence-corrected chi connectivity index (χ0v) is 16.8. The van der Waals surface area contributed by atoms with Crippen molar-refractivity contribution in [1.82, 2.24) is 14.9 Å². The first kappa shape index (κ1) is 18.7. The molecule has 0 aliphatic carbocycles. The highest BCUT2D eigenvalue weighted by atomic mass is 35.5. The van der Waals surface area contributed by atoms with E-state index in [1.165, 1.54) is 11.1 Å². The van der Waals surface area contributed by atoms with Crippen molar-refractivity contribution in [2.45, 2.75) is 51.4 Å². The summed E-state index contributed by atoms with van der Waals surface area (Å²) in [6, 6.07) is 11.0. The van der Waals surface area contributed by atoms with Crippen molar-refractivity contribution in [3.63, 3.8) is 0 Å². The molecule has 2 aliphatic heterocycles. The summed E-state index contributed by atoms with van der Waals surface area (Å²) in [4.78, 5) is 14.1. The molecule has 1 fully saturated rings. The Kier molecular flexibility index (Phi) is 5.62. The summed E-state index contributed by atoms with van der Waals surface area (Å²) < 4.78 is 5.57. The van der Waals surface area contributed by atoms with Crippen LogP contribution in [0.15, 0.2) is 30.3 Å². The van der Waals surface area contributed by atoms with Gasteiger partial charge >= 0.3 is 0 Å². The number of ether oxygens (including phenoxy) is 1. The Morgan fingerprint density at radius 3 is 2.74 bits per heavy atom. The molecule has 0 radical (unpaired) electrons. The van der Waals surface area contributed by atoms with Crippen LogP contribution < -0.4 is 4.90 Å². The molecule has 0 N–H and O–H groups in total. The van der Waals surface area contributed by atoms with Gasteiger partial charge < -0.3 is 9.64 Å². The molecule has 27 heavy (non-hydrogen) atoms. The SMILES string of the molecule is COC1CCN(c2nc(Cl)nc3c2CN(Cc2ccccc2)CC3)C(C)C1. The maximum Gasteiger partial charge on any atom is 0.224 e. The molecule has 0 bridgehead atoms. The van der Waals surface area contributed by atoms with E-state index in [9.17, 15) is 0 Å². The van der Waals surface area contributed by atoms with E-state index in [0.717, 1.165) is 57.0 Å². The molecule has 2 aliphatic rings. The van der Waals surface area contributed by atoms with Gasteiger partial charge in [-0.25, -0.2) is 9.97 Å². The molecule has 0 amide bonds. The minimum absolute atomic E-state index is 0.332. The summed E-state index contributed by atoms with van der Waals surface area (Å²) in [5.74, 6) is 1.02. The van der Waals surface area contributed by atoms with E-state index in [1.807, 2.05) is 0 Å². The molecule has 2 unspecified atom stereocenters. The average molecular weight is 387 g/mol. The van der Waals surface area contributed by atoms with Gasteiger partial charge in [-0.2, -0.15) is 0 Å². The fourth-order valence-corrected chi connectivity index (χ4v) is 4.48. The second kappa shape index (κ2) is 8.13. The van der Waals surface area contributed by atoms with Crippen molar-refractivity contribution in [1.29, 1.82) is 0 Å². The number of anilines is 1. The Morgan fingerprint density at radius 2 is 2.00 bits per heavy atom. The summed E-state index contributed by atoms with van der Waals surface area (Å²) in [5.41, 5.74) is 3.69. The third-order valence-electron chi connectivity index (χ3n) is 5.77. The van der Waals surface area contributed by atoms with Crippen LogP contribution in [0.5, 0.6) is 0 Å². The van der Waals surface area contributed by atoms with Crippen LogP contribution in [0.1, 0.15) is 36.6 Å². The van der Waals surface area contributed by atoms with Crippen LogP contribution in [-0.4, -0.2) is 47.2 Å². The number of methoxy groups -OCH3 is 1. The third kappa shape index (κ3) is 4.10. The fourth-order valence-electron chi connectivity index (χ4n) is 4.30. The lowest BCUT2D eigenvalue weighted by molar-refractivity contribution is 0.0718. The van der Waals surface area contributed by atoms with Gasteiger partial charge in [0.15, 0.2) is 0 Å². The second-order valence-electron chi connectivity index (χ2n) is 7.61. The predicted octanol–water partition coefficient (Wildman–Crippen LogP) is 3.69. The average Bonchev–Trinajstić information content (AvgIpc) is 2.68. The van der Waals surface area contributed by atoms with E-state index in [2.05, 4.69) is 57.0 Å². The lowest BCUT2D eigenvalue weighted by Gasteiger charge is -2.40. The Balaban J connectivity index is 1.58. The highest BCUT2D eigenvalue weighted by Gasteiger charge is 2.31. The first-order valence-electron chi connectivity index (χ1n) is 9.75. The smallest absolute Gasteiger partial charge is 0.224 e. The van der Waals surface area contributed by atoms with Crippen LogP contribution in [0.25, 0.3) is 0 Å². The van der Waals surface area contributed by atoms with Crippen molar-refractivity contribution >= 4 is 17.4 Å². The molecule has 0 spiro atoms. The Bertz CT molecular complexity index is 785. The highest BCUT2D eigenvalue weighted by Crippen LogP contribution is 2.32. The number of rotatable bonds is 4. The van der Waals surface area contributed by atoms with Crippen LogP contribution in [0.3, 0.4) is 0 Å². The number of fused-ring (bicyclic) bond motifs is 1. The lowest BCUT2D eigenvalue weighted by Crippen LogP contribution is -2.45. The molecule has 2 atom stereocenters. The minimum Gasteiger partial charge on any atom is -0.381 e. The van der Waals surface area contributed by atoms with Gasteiger partial charge in [0.05, 0.1) is 11.8 Å². The number of nitrogens with zero attached hydrogens (tertiary/aromatic N) is 4. The van der Waals surface area contributed by atoms with Crippen LogP contribution in [0.4, 0.5) is 5.82 Å². The largest absolute Gasteiger partial charge is 0.381 e. The van der Waals surface area contributed by atoms with Crippen LogP contribution >= 0.6 is 11.6 Å². The summed E-state index contributed by atoms with van der Waals surface area (Å²) in [7, 11) is 1.80. The maximum absolute atomic E-state index is 6.28. The van der Waals surface area contributed by atoms with Gasteiger partial charge in [0, 0.05) is 51.3 Å². The lowest BCUT2D eigenvalue weighted by atomic mass is 9.98. The quantitative estimate of drug-likeness (QED) is 0.749.